The third-order valence-corrected chi connectivity index (χ3v) is 4.44. The number of thiazole rings is 1. The van der Waals surface area contributed by atoms with Crippen LogP contribution in [0.15, 0.2) is 11.4 Å². The van der Waals surface area contributed by atoms with Crippen molar-refractivity contribution < 1.29 is 14.3 Å². The molecule has 0 aliphatic carbocycles. The molecule has 0 unspecified atom stereocenters. The van der Waals surface area contributed by atoms with E-state index >= 15 is 0 Å². The minimum absolute atomic E-state index is 0.152. The van der Waals surface area contributed by atoms with Gasteiger partial charge in [0, 0.05) is 5.38 Å². The second-order valence-electron chi connectivity index (χ2n) is 3.66. The standard InChI is InChI=1S/C11H8Cl2N2O3S2/c1-5-4-19-11(14-5)15-8(16)3-18-10(17)6-2-7(12)20-9(6)13/h2,4H,3H2,1H3,(H,14,15,16). The molecule has 0 fully saturated rings. The largest absolute Gasteiger partial charge is 0.452 e. The Kier molecular flexibility index (Phi) is 4.98. The molecule has 5 nitrogen and oxygen atoms in total. The molecule has 0 atom stereocenters. The third kappa shape index (κ3) is 3.92. The van der Waals surface area contributed by atoms with Gasteiger partial charge < -0.3 is 4.74 Å². The number of aromatic nitrogens is 1. The van der Waals surface area contributed by atoms with Crippen molar-refractivity contribution in [3.05, 3.63) is 31.4 Å². The normalized spacial score (nSPS) is 10.3. The first-order valence-electron chi connectivity index (χ1n) is 5.29. The number of esters is 1. The van der Waals surface area contributed by atoms with E-state index in [2.05, 4.69) is 10.3 Å². The molecule has 0 aromatic carbocycles. The number of amides is 1. The van der Waals surface area contributed by atoms with Crippen molar-refractivity contribution in [2.24, 2.45) is 0 Å². The summed E-state index contributed by atoms with van der Waals surface area (Å²) < 4.78 is 5.46. The van der Waals surface area contributed by atoms with Gasteiger partial charge in [-0.25, -0.2) is 9.78 Å². The summed E-state index contributed by atoms with van der Waals surface area (Å²) in [5, 5.41) is 4.78. The molecule has 1 amide bonds. The third-order valence-electron chi connectivity index (χ3n) is 2.08. The highest BCUT2D eigenvalue weighted by atomic mass is 35.5. The highest BCUT2D eigenvalue weighted by molar-refractivity contribution is 7.20. The summed E-state index contributed by atoms with van der Waals surface area (Å²) in [7, 11) is 0. The molecule has 0 aliphatic rings. The van der Waals surface area contributed by atoms with Gasteiger partial charge in [-0.1, -0.05) is 23.2 Å². The highest BCUT2D eigenvalue weighted by Crippen LogP contribution is 2.31. The molecule has 2 heterocycles. The second-order valence-corrected chi connectivity index (χ2v) is 6.80. The second kappa shape index (κ2) is 6.53. The summed E-state index contributed by atoms with van der Waals surface area (Å²) in [5.74, 6) is -1.16. The van der Waals surface area contributed by atoms with Gasteiger partial charge in [-0.05, 0) is 13.0 Å². The van der Waals surface area contributed by atoms with Crippen LogP contribution in [0.25, 0.3) is 0 Å². The van der Waals surface area contributed by atoms with Crippen LogP contribution in [0.4, 0.5) is 5.13 Å². The summed E-state index contributed by atoms with van der Waals surface area (Å²) in [6, 6.07) is 1.40. The van der Waals surface area contributed by atoms with Gasteiger partial charge in [0.05, 0.1) is 15.6 Å². The van der Waals surface area contributed by atoms with Gasteiger partial charge in [0.15, 0.2) is 11.7 Å². The Morgan fingerprint density at radius 2 is 2.20 bits per heavy atom. The zero-order chi connectivity index (χ0) is 14.7. The molecule has 2 rings (SSSR count). The van der Waals surface area contributed by atoms with Gasteiger partial charge in [0.1, 0.15) is 4.34 Å². The van der Waals surface area contributed by atoms with Crippen molar-refractivity contribution in [2.75, 3.05) is 11.9 Å². The van der Waals surface area contributed by atoms with Crippen molar-refractivity contribution in [1.82, 2.24) is 4.98 Å². The Hall–Kier alpha value is -1.15. The molecule has 0 radical (unpaired) electrons. The fourth-order valence-electron chi connectivity index (χ4n) is 1.26. The van der Waals surface area contributed by atoms with E-state index < -0.39 is 18.5 Å². The smallest absolute Gasteiger partial charge is 0.341 e. The van der Waals surface area contributed by atoms with Gasteiger partial charge in [-0.15, -0.1) is 22.7 Å². The average molecular weight is 351 g/mol. The minimum atomic E-state index is -0.691. The first kappa shape index (κ1) is 15.2. The lowest BCUT2D eigenvalue weighted by atomic mass is 10.3. The Morgan fingerprint density at radius 1 is 1.45 bits per heavy atom. The number of ether oxygens (including phenoxy) is 1. The molecule has 1 N–H and O–H groups in total. The van der Waals surface area contributed by atoms with Crippen LogP contribution in [-0.2, 0) is 9.53 Å². The quantitative estimate of drug-likeness (QED) is 0.855. The van der Waals surface area contributed by atoms with Crippen molar-refractivity contribution in [3.8, 4) is 0 Å². The number of rotatable bonds is 4. The van der Waals surface area contributed by atoms with Crippen LogP contribution < -0.4 is 5.32 Å². The lowest BCUT2D eigenvalue weighted by molar-refractivity contribution is -0.119. The van der Waals surface area contributed by atoms with Crippen LogP contribution in [-0.4, -0.2) is 23.5 Å². The van der Waals surface area contributed by atoms with Crippen LogP contribution in [0.5, 0.6) is 0 Å². The zero-order valence-corrected chi connectivity index (χ0v) is 13.3. The Bertz CT molecular complexity index is 654. The molecule has 20 heavy (non-hydrogen) atoms. The topological polar surface area (TPSA) is 68.3 Å². The Labute approximate surface area is 132 Å². The molecule has 106 valence electrons. The van der Waals surface area contributed by atoms with Crippen LogP contribution >= 0.6 is 45.9 Å². The number of thiophene rings is 1. The number of halogens is 2. The molecule has 2 aromatic rings. The number of hydrogen-bond donors (Lipinski definition) is 1. The fraction of sp³-hybridized carbons (Fsp3) is 0.182. The number of nitrogens with zero attached hydrogens (tertiary/aromatic N) is 1. The maximum atomic E-state index is 11.7. The number of anilines is 1. The first-order valence-corrected chi connectivity index (χ1v) is 7.75. The van der Waals surface area contributed by atoms with E-state index in [1.807, 2.05) is 6.92 Å². The SMILES string of the molecule is Cc1csc(NC(=O)COC(=O)c2cc(Cl)sc2Cl)n1. The van der Waals surface area contributed by atoms with E-state index in [0.29, 0.717) is 9.47 Å². The van der Waals surface area contributed by atoms with Crippen LogP contribution in [0, 0.1) is 6.92 Å². The van der Waals surface area contributed by atoms with E-state index in [-0.39, 0.29) is 9.90 Å². The van der Waals surface area contributed by atoms with Crippen molar-refractivity contribution in [1.29, 1.82) is 0 Å². The molecule has 0 saturated heterocycles. The number of nitrogens with one attached hydrogen (secondary N) is 1. The predicted octanol–water partition coefficient (Wildman–Crippen LogP) is 3.62. The highest BCUT2D eigenvalue weighted by Gasteiger charge is 2.17. The van der Waals surface area contributed by atoms with E-state index in [0.717, 1.165) is 17.0 Å². The molecule has 0 bridgehead atoms. The van der Waals surface area contributed by atoms with E-state index in [9.17, 15) is 9.59 Å². The molecular formula is C11H8Cl2N2O3S2. The summed E-state index contributed by atoms with van der Waals surface area (Å²) in [6.45, 7) is 1.40. The molecule has 0 spiro atoms. The fourth-order valence-corrected chi connectivity index (χ4v) is 3.40. The van der Waals surface area contributed by atoms with Crippen LogP contribution in [0.3, 0.4) is 0 Å². The van der Waals surface area contributed by atoms with Crippen molar-refractivity contribution in [3.63, 3.8) is 0 Å². The monoisotopic (exact) mass is 350 g/mol. The number of carbonyl (C=O) groups excluding carboxylic acids is 2. The van der Waals surface area contributed by atoms with E-state index in [4.69, 9.17) is 27.9 Å². The van der Waals surface area contributed by atoms with Gasteiger partial charge in [-0.3, -0.25) is 10.1 Å². The van der Waals surface area contributed by atoms with Gasteiger partial charge in [0.25, 0.3) is 5.91 Å². The van der Waals surface area contributed by atoms with Crippen molar-refractivity contribution >= 4 is 62.9 Å². The lowest BCUT2D eigenvalue weighted by Crippen LogP contribution is -2.20. The maximum absolute atomic E-state index is 11.7. The van der Waals surface area contributed by atoms with E-state index in [1.54, 1.807) is 5.38 Å². The number of carbonyl (C=O) groups is 2. The molecule has 0 aliphatic heterocycles. The Balaban J connectivity index is 1.87. The summed E-state index contributed by atoms with van der Waals surface area (Å²) >= 11 is 13.9. The zero-order valence-electron chi connectivity index (χ0n) is 10.1. The molecule has 9 heteroatoms. The summed E-state index contributed by atoms with van der Waals surface area (Å²) in [6.07, 6.45) is 0. The first-order chi connectivity index (χ1) is 9.45. The maximum Gasteiger partial charge on any atom is 0.341 e. The number of aryl methyl sites for hydroxylation is 1. The molecular weight excluding hydrogens is 343 g/mol. The van der Waals surface area contributed by atoms with Gasteiger partial charge >= 0.3 is 5.97 Å². The molecule has 2 aromatic heterocycles. The lowest BCUT2D eigenvalue weighted by Gasteiger charge is -2.03. The van der Waals surface area contributed by atoms with Crippen LogP contribution in [0.2, 0.25) is 8.67 Å². The average Bonchev–Trinajstić information content (AvgIpc) is 2.92. The minimum Gasteiger partial charge on any atom is -0.452 e. The summed E-state index contributed by atoms with van der Waals surface area (Å²) in [4.78, 5) is 27.3. The van der Waals surface area contributed by atoms with E-state index in [1.165, 1.54) is 17.4 Å². The van der Waals surface area contributed by atoms with Crippen molar-refractivity contribution in [2.45, 2.75) is 6.92 Å². The Morgan fingerprint density at radius 3 is 2.75 bits per heavy atom. The number of hydrogen-bond acceptors (Lipinski definition) is 6. The van der Waals surface area contributed by atoms with Gasteiger partial charge in [-0.2, -0.15) is 0 Å². The molecule has 0 saturated carbocycles. The summed E-state index contributed by atoms with van der Waals surface area (Å²) in [5.41, 5.74) is 0.960. The van der Waals surface area contributed by atoms with Gasteiger partial charge in [0.2, 0.25) is 0 Å². The van der Waals surface area contributed by atoms with Crippen LogP contribution in [0.1, 0.15) is 16.1 Å². The predicted molar refractivity (Wildman–Crippen MR) is 80.1 cm³/mol.